The van der Waals surface area contributed by atoms with Crippen molar-refractivity contribution < 1.29 is 0 Å². The molecule has 0 saturated heterocycles. The molecule has 0 radical (unpaired) electrons. The summed E-state index contributed by atoms with van der Waals surface area (Å²) < 4.78 is 0. The highest BCUT2D eigenvalue weighted by atomic mass is 15.2. The van der Waals surface area contributed by atoms with E-state index in [1.54, 1.807) is 6.20 Å². The predicted octanol–water partition coefficient (Wildman–Crippen LogP) is 7.85. The van der Waals surface area contributed by atoms with Crippen molar-refractivity contribution in [2.24, 2.45) is 15.9 Å². The van der Waals surface area contributed by atoms with Crippen LogP contribution in [0.5, 0.6) is 0 Å². The highest BCUT2D eigenvalue weighted by Gasteiger charge is 2.22. The quantitative estimate of drug-likeness (QED) is 0.101. The Morgan fingerprint density at radius 2 is 1.92 bits per heavy atom. The van der Waals surface area contributed by atoms with Gasteiger partial charge in [0.05, 0.1) is 25.7 Å². The molecule has 0 saturated carbocycles. The van der Waals surface area contributed by atoms with Crippen molar-refractivity contribution in [3.63, 3.8) is 0 Å². The maximum Gasteiger partial charge on any atom is 0.116 e. The van der Waals surface area contributed by atoms with Crippen LogP contribution in [0, 0.1) is 5.92 Å². The molecule has 7 heteroatoms. The first kappa shape index (κ1) is 39.2. The Bertz CT molecular complexity index is 1630. The van der Waals surface area contributed by atoms with Gasteiger partial charge in [0.25, 0.3) is 0 Å². The van der Waals surface area contributed by atoms with Crippen LogP contribution in [0.3, 0.4) is 0 Å². The molecule has 4 rings (SSSR count). The third kappa shape index (κ3) is 12.0. The topological polar surface area (TPSA) is 67.3 Å². The molecule has 1 unspecified atom stereocenters. The number of hydrogen-bond acceptors (Lipinski definition) is 6. The van der Waals surface area contributed by atoms with Crippen molar-refractivity contribution in [2.75, 3.05) is 53.4 Å². The summed E-state index contributed by atoms with van der Waals surface area (Å²) in [6.45, 7) is 25.0. The van der Waals surface area contributed by atoms with Gasteiger partial charge in [0.1, 0.15) is 11.7 Å². The lowest BCUT2D eigenvalue weighted by molar-refractivity contribution is 0.330. The third-order valence-corrected chi connectivity index (χ3v) is 9.22. The SMILES string of the molecule is C=CNC(C(=C)N(CCC)CC(=NC)NCc1ccc2c(c1)CCC1=CC(=C)CN=C(CN(C)CC(C)C)NC/C=C\CC=C12)c1ccccc1. The number of likely N-dealkylation sites (N-methyl/N-ethyl adjacent to an activating group) is 1. The van der Waals surface area contributed by atoms with Crippen molar-refractivity contribution >= 4 is 17.2 Å². The van der Waals surface area contributed by atoms with Gasteiger partial charge in [-0.3, -0.25) is 14.9 Å². The molecule has 1 aliphatic carbocycles. The number of fused-ring (bicyclic) bond motifs is 3. The molecular formula is C44H61N7. The summed E-state index contributed by atoms with van der Waals surface area (Å²) in [4.78, 5) is 14.3. The van der Waals surface area contributed by atoms with Gasteiger partial charge in [-0.05, 0) is 83.8 Å². The molecule has 3 N–H and O–H groups in total. The number of hydrogen-bond donors (Lipinski definition) is 3. The molecule has 0 aromatic heterocycles. The van der Waals surface area contributed by atoms with E-state index in [0.29, 0.717) is 25.6 Å². The summed E-state index contributed by atoms with van der Waals surface area (Å²) in [7, 11) is 4.02. The van der Waals surface area contributed by atoms with Crippen molar-refractivity contribution in [1.82, 2.24) is 25.8 Å². The molecule has 51 heavy (non-hydrogen) atoms. The molecule has 272 valence electrons. The maximum atomic E-state index is 4.95. The highest BCUT2D eigenvalue weighted by Crippen LogP contribution is 2.36. The number of rotatable bonds is 15. The Morgan fingerprint density at radius 1 is 1.12 bits per heavy atom. The second-order valence-corrected chi connectivity index (χ2v) is 14.0. The van der Waals surface area contributed by atoms with E-state index in [1.165, 1.54) is 27.8 Å². The van der Waals surface area contributed by atoms with Crippen molar-refractivity contribution in [3.05, 3.63) is 138 Å². The zero-order valence-electron chi connectivity index (χ0n) is 31.8. The molecule has 7 nitrogen and oxygen atoms in total. The van der Waals surface area contributed by atoms with E-state index >= 15 is 0 Å². The second-order valence-electron chi connectivity index (χ2n) is 14.0. The van der Waals surface area contributed by atoms with Gasteiger partial charge in [0, 0.05) is 38.9 Å². The lowest BCUT2D eigenvalue weighted by Gasteiger charge is -2.32. The van der Waals surface area contributed by atoms with Gasteiger partial charge in [0.15, 0.2) is 0 Å². The van der Waals surface area contributed by atoms with Crippen LogP contribution < -0.4 is 16.0 Å². The van der Waals surface area contributed by atoms with E-state index in [0.717, 1.165) is 80.4 Å². The molecule has 0 fully saturated rings. The fourth-order valence-corrected chi connectivity index (χ4v) is 6.85. The Balaban J connectivity index is 1.46. The van der Waals surface area contributed by atoms with Crippen LogP contribution in [0.1, 0.15) is 68.3 Å². The average Bonchev–Trinajstić information content (AvgIpc) is 3.13. The van der Waals surface area contributed by atoms with Gasteiger partial charge in [0.2, 0.25) is 0 Å². The van der Waals surface area contributed by atoms with Crippen LogP contribution in [0.2, 0.25) is 0 Å². The first-order valence-corrected chi connectivity index (χ1v) is 18.6. The smallest absolute Gasteiger partial charge is 0.116 e. The summed E-state index contributed by atoms with van der Waals surface area (Å²) in [5.74, 6) is 2.57. The summed E-state index contributed by atoms with van der Waals surface area (Å²) in [6, 6.07) is 17.3. The second kappa shape index (κ2) is 20.3. The van der Waals surface area contributed by atoms with E-state index in [2.05, 4.69) is 145 Å². The normalized spacial score (nSPS) is 16.5. The van der Waals surface area contributed by atoms with Gasteiger partial charge in [-0.25, -0.2) is 0 Å². The summed E-state index contributed by atoms with van der Waals surface area (Å²) in [5, 5.41) is 10.6. The van der Waals surface area contributed by atoms with Crippen LogP contribution in [-0.2, 0) is 13.0 Å². The molecule has 1 atom stereocenters. The molecule has 0 amide bonds. The largest absolute Gasteiger partial charge is 0.379 e. The summed E-state index contributed by atoms with van der Waals surface area (Å²) in [5.41, 5.74) is 9.84. The van der Waals surface area contributed by atoms with Crippen LogP contribution in [0.15, 0.2) is 126 Å². The van der Waals surface area contributed by atoms with E-state index in [1.807, 2.05) is 13.1 Å². The van der Waals surface area contributed by atoms with Crippen LogP contribution in [0.4, 0.5) is 0 Å². The van der Waals surface area contributed by atoms with Crippen LogP contribution in [0.25, 0.3) is 5.57 Å². The lowest BCUT2D eigenvalue weighted by Crippen LogP contribution is -2.39. The number of allylic oxidation sites excluding steroid dienone is 4. The third-order valence-electron chi connectivity index (χ3n) is 9.22. The monoisotopic (exact) mass is 687 g/mol. The number of nitrogens with zero attached hydrogens (tertiary/aromatic N) is 4. The van der Waals surface area contributed by atoms with E-state index in [9.17, 15) is 0 Å². The molecule has 1 aliphatic heterocycles. The van der Waals surface area contributed by atoms with Crippen LogP contribution in [-0.4, -0.2) is 74.8 Å². The Kier molecular flexibility index (Phi) is 15.6. The average molecular weight is 688 g/mol. The minimum absolute atomic E-state index is 0.0569. The van der Waals surface area contributed by atoms with Gasteiger partial charge in [-0.2, -0.15) is 0 Å². The molecule has 0 spiro atoms. The van der Waals surface area contributed by atoms with Crippen molar-refractivity contribution in [3.8, 4) is 0 Å². The molecule has 2 aliphatic rings. The number of benzene rings is 2. The van der Waals surface area contributed by atoms with Gasteiger partial charge in [-0.15, -0.1) is 0 Å². The summed E-state index contributed by atoms with van der Waals surface area (Å²) in [6.07, 6.45) is 14.7. The minimum Gasteiger partial charge on any atom is -0.379 e. The maximum absolute atomic E-state index is 4.95. The molecule has 1 heterocycles. The molecule has 2 aromatic rings. The fraction of sp³-hybridized carbons (Fsp3) is 0.409. The first-order valence-electron chi connectivity index (χ1n) is 18.6. The van der Waals surface area contributed by atoms with Gasteiger partial charge >= 0.3 is 0 Å². The van der Waals surface area contributed by atoms with Crippen molar-refractivity contribution in [2.45, 2.75) is 59.0 Å². The van der Waals surface area contributed by atoms with E-state index in [4.69, 9.17) is 4.99 Å². The first-order chi connectivity index (χ1) is 24.7. The Hall–Kier alpha value is -4.62. The highest BCUT2D eigenvalue weighted by molar-refractivity contribution is 5.86. The zero-order valence-corrected chi connectivity index (χ0v) is 31.8. The number of nitrogens with one attached hydrogen (secondary N) is 3. The summed E-state index contributed by atoms with van der Waals surface area (Å²) >= 11 is 0. The molecular weight excluding hydrogens is 627 g/mol. The standard InChI is InChI=1S/C44H61N7/c1-9-25-51(35(6)44(46-10-2)37-17-13-11-14-18-37)32-42(45-7)49-29-36-20-23-41-39(27-36)22-21-38-26-34(5)28-48-43(31-50(8)30-33(3)4)47-24-16-12-15-19-40(38)41/h10-14,16-20,23,26-27,33,44,46H,2,5-6,9,15,21-22,24-25,28-32H2,1,3-4,7-8H3,(H,45,49)(H,47,48)/b16-12-,38-26?,40-19?. The van der Waals surface area contributed by atoms with Gasteiger partial charge in [-0.1, -0.05) is 113 Å². The fourth-order valence-electron chi connectivity index (χ4n) is 6.85. The number of amidine groups is 2. The molecule has 0 bridgehead atoms. The van der Waals surface area contributed by atoms with Crippen LogP contribution >= 0.6 is 0 Å². The minimum atomic E-state index is -0.0569. The van der Waals surface area contributed by atoms with E-state index < -0.39 is 0 Å². The lowest BCUT2D eigenvalue weighted by atomic mass is 9.81. The van der Waals surface area contributed by atoms with Crippen molar-refractivity contribution in [1.29, 1.82) is 0 Å². The van der Waals surface area contributed by atoms with Gasteiger partial charge < -0.3 is 20.9 Å². The predicted molar refractivity (Wildman–Crippen MR) is 220 cm³/mol. The molecule has 2 aromatic carbocycles. The van der Waals surface area contributed by atoms with E-state index in [-0.39, 0.29) is 6.04 Å². The Labute approximate surface area is 308 Å². The number of aryl methyl sites for hydroxylation is 1. The Morgan fingerprint density at radius 3 is 2.65 bits per heavy atom. The zero-order chi connectivity index (χ0) is 36.6. The number of aliphatic imine (C=N–C) groups is 2.